The van der Waals surface area contributed by atoms with Crippen molar-refractivity contribution in [3.8, 4) is 5.75 Å². The van der Waals surface area contributed by atoms with Crippen LogP contribution in [0, 0.1) is 0 Å². The van der Waals surface area contributed by atoms with Crippen LogP contribution >= 0.6 is 0 Å². The summed E-state index contributed by atoms with van der Waals surface area (Å²) >= 11 is 0. The molecule has 2 aromatic rings. The molecule has 132 valence electrons. The lowest BCUT2D eigenvalue weighted by atomic mass is 10.2. The number of carboxylic acid groups (broad SMARTS) is 1. The maximum absolute atomic E-state index is 12.3. The standard InChI is InChI=1S/C15H10F3NO6/c16-15(17,18)22-12-6-2-4-10(8-12)14-23-19(25-24-14)11-5-1-3-9(7-11)13(20)21/h1-8,14H,(H,20,21). The zero-order valence-electron chi connectivity index (χ0n) is 12.3. The average Bonchev–Trinajstić information content (AvgIpc) is 3.03. The molecule has 7 nitrogen and oxygen atoms in total. The quantitative estimate of drug-likeness (QED) is 0.838. The Labute approximate surface area is 138 Å². The number of hydrogen-bond donors (Lipinski definition) is 1. The molecule has 1 atom stereocenters. The third-order valence-electron chi connectivity index (χ3n) is 3.06. The predicted octanol–water partition coefficient (Wildman–Crippen LogP) is 3.60. The van der Waals surface area contributed by atoms with E-state index >= 15 is 0 Å². The number of rotatable bonds is 4. The van der Waals surface area contributed by atoms with Gasteiger partial charge in [0.25, 0.3) is 0 Å². The molecule has 3 rings (SSSR count). The molecular formula is C15H10F3NO6. The van der Waals surface area contributed by atoms with Crippen LogP contribution in [-0.4, -0.2) is 17.4 Å². The van der Waals surface area contributed by atoms with Gasteiger partial charge in [0, 0.05) is 5.56 Å². The number of ether oxygens (including phenoxy) is 1. The number of alkyl halides is 3. The lowest BCUT2D eigenvalue weighted by Gasteiger charge is -2.13. The fourth-order valence-electron chi connectivity index (χ4n) is 2.03. The van der Waals surface area contributed by atoms with Gasteiger partial charge in [0.15, 0.2) is 0 Å². The molecule has 25 heavy (non-hydrogen) atoms. The van der Waals surface area contributed by atoms with Gasteiger partial charge in [-0.3, -0.25) is 0 Å². The highest BCUT2D eigenvalue weighted by Gasteiger charge is 2.33. The second-order valence-corrected chi connectivity index (χ2v) is 4.84. The Bertz CT molecular complexity index is 782. The van der Waals surface area contributed by atoms with Crippen LogP contribution in [0.2, 0.25) is 0 Å². The van der Waals surface area contributed by atoms with E-state index in [1.807, 2.05) is 0 Å². The Morgan fingerprint density at radius 2 is 1.92 bits per heavy atom. The van der Waals surface area contributed by atoms with E-state index in [0.717, 1.165) is 17.4 Å². The van der Waals surface area contributed by atoms with Gasteiger partial charge in [-0.05, 0) is 30.3 Å². The van der Waals surface area contributed by atoms with Crippen molar-refractivity contribution < 1.29 is 42.5 Å². The molecule has 0 aromatic heterocycles. The Kier molecular flexibility index (Phi) is 4.49. The third kappa shape index (κ3) is 4.18. The van der Waals surface area contributed by atoms with E-state index in [1.54, 1.807) is 0 Å². The van der Waals surface area contributed by atoms with E-state index in [4.69, 9.17) is 19.8 Å². The van der Waals surface area contributed by atoms with Gasteiger partial charge in [0.05, 0.1) is 11.3 Å². The van der Waals surface area contributed by atoms with Gasteiger partial charge in [-0.1, -0.05) is 28.4 Å². The molecule has 0 amide bonds. The van der Waals surface area contributed by atoms with Crippen LogP contribution in [0.1, 0.15) is 22.2 Å². The number of anilines is 1. The van der Waals surface area contributed by atoms with Crippen LogP contribution in [0.25, 0.3) is 0 Å². The highest BCUT2D eigenvalue weighted by atomic mass is 19.4. The Morgan fingerprint density at radius 1 is 1.16 bits per heavy atom. The molecule has 1 heterocycles. The number of carbonyl (C=O) groups is 1. The summed E-state index contributed by atoms with van der Waals surface area (Å²) in [5, 5.41) is 9.78. The first-order valence-corrected chi connectivity index (χ1v) is 6.81. The zero-order chi connectivity index (χ0) is 18.0. The van der Waals surface area contributed by atoms with Crippen LogP contribution in [0.4, 0.5) is 18.9 Å². The van der Waals surface area contributed by atoms with E-state index in [2.05, 4.69) is 4.74 Å². The first-order chi connectivity index (χ1) is 11.8. The van der Waals surface area contributed by atoms with E-state index in [9.17, 15) is 18.0 Å². The van der Waals surface area contributed by atoms with Gasteiger partial charge in [0.1, 0.15) is 5.75 Å². The average molecular weight is 357 g/mol. The minimum Gasteiger partial charge on any atom is -0.478 e. The largest absolute Gasteiger partial charge is 0.573 e. The van der Waals surface area contributed by atoms with E-state index in [1.165, 1.54) is 36.4 Å². The fourth-order valence-corrected chi connectivity index (χ4v) is 2.03. The Balaban J connectivity index is 1.74. The summed E-state index contributed by atoms with van der Waals surface area (Å²) in [6, 6.07) is 10.6. The molecular weight excluding hydrogens is 347 g/mol. The van der Waals surface area contributed by atoms with E-state index in [0.29, 0.717) is 0 Å². The van der Waals surface area contributed by atoms with Crippen LogP contribution in [0.5, 0.6) is 5.75 Å². The summed E-state index contributed by atoms with van der Waals surface area (Å²) in [7, 11) is 0. The van der Waals surface area contributed by atoms with Gasteiger partial charge >= 0.3 is 12.3 Å². The van der Waals surface area contributed by atoms with Crippen LogP contribution in [0.15, 0.2) is 48.5 Å². The summed E-state index contributed by atoms with van der Waals surface area (Å²) in [6.45, 7) is 0. The minimum atomic E-state index is -4.82. The second-order valence-electron chi connectivity index (χ2n) is 4.84. The molecule has 1 N–H and O–H groups in total. The summed E-state index contributed by atoms with van der Waals surface area (Å²) in [5.74, 6) is -1.58. The molecule has 0 spiro atoms. The van der Waals surface area contributed by atoms with Crippen molar-refractivity contribution >= 4 is 11.7 Å². The number of aromatic carboxylic acids is 1. The number of carboxylic acids is 1. The lowest BCUT2D eigenvalue weighted by molar-refractivity contribution is -0.286. The Hall–Kier alpha value is -2.82. The maximum Gasteiger partial charge on any atom is 0.573 e. The summed E-state index contributed by atoms with van der Waals surface area (Å²) in [4.78, 5) is 26.0. The van der Waals surface area contributed by atoms with E-state index < -0.39 is 24.4 Å². The maximum atomic E-state index is 12.3. The van der Waals surface area contributed by atoms with E-state index in [-0.39, 0.29) is 16.8 Å². The van der Waals surface area contributed by atoms with Crippen LogP contribution < -0.4 is 9.96 Å². The van der Waals surface area contributed by atoms with Crippen molar-refractivity contribution in [1.82, 2.24) is 0 Å². The smallest absolute Gasteiger partial charge is 0.478 e. The molecule has 0 saturated carbocycles. The number of benzene rings is 2. The second kappa shape index (κ2) is 6.59. The monoisotopic (exact) mass is 357 g/mol. The third-order valence-corrected chi connectivity index (χ3v) is 3.06. The molecule has 1 fully saturated rings. The highest BCUT2D eigenvalue weighted by Crippen LogP contribution is 2.33. The molecule has 2 aromatic carbocycles. The van der Waals surface area contributed by atoms with Crippen LogP contribution in [0.3, 0.4) is 0 Å². The number of halogens is 3. The van der Waals surface area contributed by atoms with Crippen molar-refractivity contribution in [2.45, 2.75) is 12.7 Å². The van der Waals surface area contributed by atoms with Gasteiger partial charge in [0.2, 0.25) is 6.29 Å². The molecule has 1 unspecified atom stereocenters. The van der Waals surface area contributed by atoms with Gasteiger partial charge < -0.3 is 9.84 Å². The first kappa shape index (κ1) is 17.0. The normalized spacial score (nSPS) is 17.6. The van der Waals surface area contributed by atoms with Crippen molar-refractivity contribution in [1.29, 1.82) is 0 Å². The summed E-state index contributed by atoms with van der Waals surface area (Å²) in [5.41, 5.74) is 0.428. The summed E-state index contributed by atoms with van der Waals surface area (Å²) in [6.07, 6.45) is -5.99. The molecule has 1 aliphatic heterocycles. The summed E-state index contributed by atoms with van der Waals surface area (Å²) < 4.78 is 40.6. The number of hydrogen-bond acceptors (Lipinski definition) is 6. The molecule has 1 aliphatic rings. The van der Waals surface area contributed by atoms with Gasteiger partial charge in [-0.25, -0.2) is 9.63 Å². The predicted molar refractivity (Wildman–Crippen MR) is 75.0 cm³/mol. The topological polar surface area (TPSA) is 77.5 Å². The molecule has 0 radical (unpaired) electrons. The first-order valence-electron chi connectivity index (χ1n) is 6.81. The SMILES string of the molecule is O=C(O)c1cccc(N2OOC(c3cccc(OC(F)(F)F)c3)O2)c1. The molecule has 0 aliphatic carbocycles. The van der Waals surface area contributed by atoms with Crippen molar-refractivity contribution in [3.05, 3.63) is 59.7 Å². The molecule has 0 bridgehead atoms. The number of nitrogens with zero attached hydrogens (tertiary/aromatic N) is 1. The molecule has 10 heteroatoms. The molecule has 1 saturated heterocycles. The highest BCUT2D eigenvalue weighted by molar-refractivity contribution is 5.88. The van der Waals surface area contributed by atoms with Crippen molar-refractivity contribution in [2.75, 3.05) is 5.23 Å². The fraction of sp³-hybridized carbons (Fsp3) is 0.133. The van der Waals surface area contributed by atoms with Gasteiger partial charge in [-0.15, -0.1) is 13.2 Å². The Morgan fingerprint density at radius 3 is 2.64 bits per heavy atom. The lowest BCUT2D eigenvalue weighted by Crippen LogP contribution is -2.17. The van der Waals surface area contributed by atoms with Crippen molar-refractivity contribution in [2.24, 2.45) is 0 Å². The van der Waals surface area contributed by atoms with Gasteiger partial charge in [-0.2, -0.15) is 4.89 Å². The van der Waals surface area contributed by atoms with Crippen molar-refractivity contribution in [3.63, 3.8) is 0 Å². The minimum absolute atomic E-state index is 0.00581. The zero-order valence-corrected chi connectivity index (χ0v) is 12.3. The van der Waals surface area contributed by atoms with Crippen LogP contribution in [-0.2, 0) is 14.7 Å².